The molecule has 0 radical (unpaired) electrons. The number of urea groups is 1. The second-order valence-electron chi connectivity index (χ2n) is 3.07. The summed E-state index contributed by atoms with van der Waals surface area (Å²) in [5, 5.41) is 6.26. The van der Waals surface area contributed by atoms with Crippen LogP contribution in [0.1, 0.15) is 0 Å². The molecule has 0 aliphatic rings. The maximum absolute atomic E-state index is 10.4. The van der Waals surface area contributed by atoms with Gasteiger partial charge in [-0.1, -0.05) is 23.2 Å². The van der Waals surface area contributed by atoms with Crippen molar-refractivity contribution in [1.82, 2.24) is 5.32 Å². The number of benzene rings is 1. The zero-order valence-corrected chi connectivity index (χ0v) is 9.90. The van der Waals surface area contributed by atoms with Crippen LogP contribution in [0.4, 0.5) is 16.2 Å². The van der Waals surface area contributed by atoms with Crippen LogP contribution in [0.15, 0.2) is 12.1 Å². The molecular weight excluding hydrogens is 251 g/mol. The molecule has 0 aliphatic carbocycles. The molecule has 1 aromatic rings. The first-order valence-electron chi connectivity index (χ1n) is 4.52. The van der Waals surface area contributed by atoms with Gasteiger partial charge in [0.1, 0.15) is 0 Å². The summed E-state index contributed by atoms with van der Waals surface area (Å²) in [7, 11) is 0. The number of rotatable bonds is 4. The van der Waals surface area contributed by atoms with E-state index in [2.05, 4.69) is 10.6 Å². The van der Waals surface area contributed by atoms with Crippen LogP contribution >= 0.6 is 23.2 Å². The standard InChI is InChI=1S/C9H12Cl2N4O/c10-5-3-7(12)8(4-6(5)11)14-1-2-15-9(13)16/h3-4,14H,1-2,12H2,(H3,13,15,16). The Hall–Kier alpha value is -1.33. The fourth-order valence-electron chi connectivity index (χ4n) is 1.10. The monoisotopic (exact) mass is 262 g/mol. The van der Waals surface area contributed by atoms with Crippen molar-refractivity contribution in [3.05, 3.63) is 22.2 Å². The topological polar surface area (TPSA) is 93.2 Å². The number of amides is 2. The van der Waals surface area contributed by atoms with E-state index in [1.165, 1.54) is 0 Å². The highest BCUT2D eigenvalue weighted by Crippen LogP contribution is 2.30. The van der Waals surface area contributed by atoms with Crippen LogP contribution in [0.3, 0.4) is 0 Å². The molecule has 0 saturated heterocycles. The minimum absolute atomic E-state index is 0.398. The summed E-state index contributed by atoms with van der Waals surface area (Å²) in [5.74, 6) is 0. The predicted molar refractivity (Wildman–Crippen MR) is 67.0 cm³/mol. The molecule has 0 heterocycles. The summed E-state index contributed by atoms with van der Waals surface area (Å²) in [4.78, 5) is 10.4. The molecular formula is C9H12Cl2N4O. The van der Waals surface area contributed by atoms with Crippen LogP contribution < -0.4 is 22.1 Å². The lowest BCUT2D eigenvalue weighted by molar-refractivity contribution is 0.249. The Balaban J connectivity index is 2.54. The first kappa shape index (κ1) is 12.7. The summed E-state index contributed by atoms with van der Waals surface area (Å²) in [6, 6.07) is 2.63. The Kier molecular flexibility index (Phi) is 4.52. The number of halogens is 2. The van der Waals surface area contributed by atoms with Crippen LogP contribution in [0.5, 0.6) is 0 Å². The van der Waals surface area contributed by atoms with Crippen LogP contribution in [-0.2, 0) is 0 Å². The lowest BCUT2D eigenvalue weighted by atomic mass is 10.2. The SMILES string of the molecule is NC(=O)NCCNc1cc(Cl)c(Cl)cc1N. The lowest BCUT2D eigenvalue weighted by Crippen LogP contribution is -2.33. The number of primary amides is 1. The third kappa shape index (κ3) is 3.67. The van der Waals surface area contributed by atoms with Crippen molar-refractivity contribution >= 4 is 40.6 Å². The van der Waals surface area contributed by atoms with Crippen LogP contribution in [0.2, 0.25) is 10.0 Å². The van der Waals surface area contributed by atoms with Gasteiger partial charge in [-0.05, 0) is 12.1 Å². The number of nitrogens with one attached hydrogen (secondary N) is 2. The highest BCUT2D eigenvalue weighted by atomic mass is 35.5. The fraction of sp³-hybridized carbons (Fsp3) is 0.222. The zero-order chi connectivity index (χ0) is 12.1. The van der Waals surface area contributed by atoms with E-state index in [4.69, 9.17) is 34.7 Å². The van der Waals surface area contributed by atoms with E-state index >= 15 is 0 Å². The molecule has 16 heavy (non-hydrogen) atoms. The third-order valence-corrected chi connectivity index (χ3v) is 2.55. The van der Waals surface area contributed by atoms with Gasteiger partial charge in [0.15, 0.2) is 0 Å². The first-order chi connectivity index (χ1) is 7.50. The van der Waals surface area contributed by atoms with E-state index in [1.807, 2.05) is 0 Å². The summed E-state index contributed by atoms with van der Waals surface area (Å²) in [5.41, 5.74) is 11.8. The zero-order valence-electron chi connectivity index (χ0n) is 8.39. The first-order valence-corrected chi connectivity index (χ1v) is 5.28. The summed E-state index contributed by atoms with van der Waals surface area (Å²) in [6.07, 6.45) is 0. The Labute approximate surface area is 103 Å². The summed E-state index contributed by atoms with van der Waals surface area (Å²) < 4.78 is 0. The molecule has 2 amide bonds. The minimum atomic E-state index is -0.566. The van der Waals surface area contributed by atoms with Gasteiger partial charge in [0.2, 0.25) is 0 Å². The van der Waals surface area contributed by atoms with Gasteiger partial charge in [-0.15, -0.1) is 0 Å². The van der Waals surface area contributed by atoms with Crippen molar-refractivity contribution in [1.29, 1.82) is 0 Å². The quantitative estimate of drug-likeness (QED) is 0.491. The summed E-state index contributed by atoms with van der Waals surface area (Å²) in [6.45, 7) is 0.889. The Morgan fingerprint density at radius 1 is 1.25 bits per heavy atom. The minimum Gasteiger partial charge on any atom is -0.397 e. The molecule has 7 heteroatoms. The molecule has 88 valence electrons. The van der Waals surface area contributed by atoms with Crippen LogP contribution in [0.25, 0.3) is 0 Å². The Bertz CT molecular complexity index is 397. The van der Waals surface area contributed by atoms with E-state index in [9.17, 15) is 4.79 Å². The van der Waals surface area contributed by atoms with Crippen LogP contribution in [-0.4, -0.2) is 19.1 Å². The predicted octanol–water partition coefficient (Wildman–Crippen LogP) is 1.66. The van der Waals surface area contributed by atoms with Crippen molar-refractivity contribution in [2.75, 3.05) is 24.1 Å². The normalized spacial score (nSPS) is 9.88. The molecule has 0 aliphatic heterocycles. The lowest BCUT2D eigenvalue weighted by Gasteiger charge is -2.10. The number of carbonyl (C=O) groups excluding carboxylic acids is 1. The smallest absolute Gasteiger partial charge is 0.312 e. The van der Waals surface area contributed by atoms with Crippen molar-refractivity contribution < 1.29 is 4.79 Å². The number of nitrogens with two attached hydrogens (primary N) is 2. The average Bonchev–Trinajstić information content (AvgIpc) is 2.19. The highest BCUT2D eigenvalue weighted by Gasteiger charge is 2.04. The van der Waals surface area contributed by atoms with Crippen molar-refractivity contribution in [2.45, 2.75) is 0 Å². The number of nitrogen functional groups attached to an aromatic ring is 1. The van der Waals surface area contributed by atoms with Crippen molar-refractivity contribution in [3.63, 3.8) is 0 Å². The number of carbonyl (C=O) groups is 1. The molecule has 0 unspecified atom stereocenters. The molecule has 5 nitrogen and oxygen atoms in total. The van der Waals surface area contributed by atoms with E-state index in [1.54, 1.807) is 12.1 Å². The largest absolute Gasteiger partial charge is 0.397 e. The highest BCUT2D eigenvalue weighted by molar-refractivity contribution is 6.42. The van der Waals surface area contributed by atoms with Crippen LogP contribution in [0, 0.1) is 0 Å². The second kappa shape index (κ2) is 5.67. The van der Waals surface area contributed by atoms with Gasteiger partial charge in [-0.2, -0.15) is 0 Å². The molecule has 1 aromatic carbocycles. The van der Waals surface area contributed by atoms with Crippen molar-refractivity contribution in [3.8, 4) is 0 Å². The van der Waals surface area contributed by atoms with E-state index in [-0.39, 0.29) is 0 Å². The molecule has 0 fully saturated rings. The molecule has 0 atom stereocenters. The van der Waals surface area contributed by atoms with E-state index < -0.39 is 6.03 Å². The van der Waals surface area contributed by atoms with Crippen molar-refractivity contribution in [2.24, 2.45) is 5.73 Å². The third-order valence-electron chi connectivity index (χ3n) is 1.83. The number of hydrogen-bond donors (Lipinski definition) is 4. The Morgan fingerprint density at radius 3 is 2.50 bits per heavy atom. The molecule has 0 bridgehead atoms. The van der Waals surface area contributed by atoms with Gasteiger partial charge in [0.25, 0.3) is 0 Å². The molecule has 0 saturated carbocycles. The summed E-state index contributed by atoms with van der Waals surface area (Å²) >= 11 is 11.6. The average molecular weight is 263 g/mol. The fourth-order valence-corrected chi connectivity index (χ4v) is 1.43. The molecule has 0 spiro atoms. The van der Waals surface area contributed by atoms with E-state index in [0.717, 1.165) is 0 Å². The molecule has 0 aromatic heterocycles. The Morgan fingerprint density at radius 2 is 1.88 bits per heavy atom. The van der Waals surface area contributed by atoms with Gasteiger partial charge in [0.05, 0.1) is 21.4 Å². The maximum Gasteiger partial charge on any atom is 0.312 e. The van der Waals surface area contributed by atoms with Gasteiger partial charge in [0, 0.05) is 13.1 Å². The van der Waals surface area contributed by atoms with Gasteiger partial charge >= 0.3 is 6.03 Å². The second-order valence-corrected chi connectivity index (χ2v) is 3.89. The van der Waals surface area contributed by atoms with Gasteiger partial charge < -0.3 is 22.1 Å². The number of hydrogen-bond acceptors (Lipinski definition) is 3. The van der Waals surface area contributed by atoms with Gasteiger partial charge in [-0.25, -0.2) is 4.79 Å². The number of anilines is 2. The molecule has 1 rings (SSSR count). The van der Waals surface area contributed by atoms with E-state index in [0.29, 0.717) is 34.5 Å². The van der Waals surface area contributed by atoms with Gasteiger partial charge in [-0.3, -0.25) is 0 Å². The maximum atomic E-state index is 10.4. The molecule has 6 N–H and O–H groups in total.